The average Bonchev–Trinajstić information content (AvgIpc) is 4.10. The molecule has 0 saturated carbocycles. The van der Waals surface area contributed by atoms with E-state index in [4.69, 9.17) is 5.73 Å². The maximum Gasteiger partial charge on any atom is 0.305 e. The van der Waals surface area contributed by atoms with Crippen molar-refractivity contribution in [3.63, 3.8) is 0 Å². The van der Waals surface area contributed by atoms with E-state index in [1.54, 1.807) is 26.1 Å². The summed E-state index contributed by atoms with van der Waals surface area (Å²) in [5.41, 5.74) is 13.4. The Morgan fingerprint density at radius 1 is 0.550 bits per heavy atom. The Kier molecular flexibility index (Phi) is 23.3. The van der Waals surface area contributed by atoms with Crippen molar-refractivity contribution < 1.29 is 78.3 Å². The fourth-order valence-electron chi connectivity index (χ4n) is 9.32. The number of phenolic OH excluding ortho intramolecular Hbond substituents is 3. The lowest BCUT2D eigenvalue weighted by Gasteiger charge is -2.31. The van der Waals surface area contributed by atoms with Crippen LogP contribution in [0.1, 0.15) is 76.0 Å². The first-order valence-corrected chi connectivity index (χ1v) is 26.2. The maximum absolute atomic E-state index is 14.3. The van der Waals surface area contributed by atoms with Gasteiger partial charge < -0.3 is 47.2 Å². The van der Waals surface area contributed by atoms with E-state index in [0.717, 1.165) is 0 Å². The van der Waals surface area contributed by atoms with E-state index >= 15 is 0 Å². The number of rotatable bonds is 33. The largest absolute Gasteiger partial charge is 0.508 e. The Balaban J connectivity index is 1.31. The van der Waals surface area contributed by atoms with E-state index in [2.05, 4.69) is 32.1 Å². The molecular weight excluding hydrogens is 1040 g/mol. The summed E-state index contributed by atoms with van der Waals surface area (Å²) in [7, 11) is 1.56. The first kappa shape index (κ1) is 63.2. The Morgan fingerprint density at radius 2 is 0.963 bits per heavy atom. The van der Waals surface area contributed by atoms with Crippen LogP contribution in [0.25, 0.3) is 0 Å². The molecule has 9 atom stereocenters. The normalized spacial score (nSPS) is 18.2. The molecular formula is C55H71N9O16. The van der Waals surface area contributed by atoms with E-state index in [1.165, 1.54) is 84.5 Å². The van der Waals surface area contributed by atoms with E-state index in [1.807, 2.05) is 0 Å². The Morgan fingerprint density at radius 3 is 1.43 bits per heavy atom. The molecule has 2 saturated heterocycles. The van der Waals surface area contributed by atoms with Crippen LogP contribution in [0.4, 0.5) is 0 Å². The summed E-state index contributed by atoms with van der Waals surface area (Å²) in [6.07, 6.45) is -1.41. The molecule has 0 unspecified atom stereocenters. The molecule has 0 aliphatic carbocycles. The maximum atomic E-state index is 14.3. The number of aromatic hydroxyl groups is 3. The molecule has 0 bridgehead atoms. The van der Waals surface area contributed by atoms with Crippen molar-refractivity contribution in [2.24, 2.45) is 11.7 Å². The third kappa shape index (κ3) is 17.9. The summed E-state index contributed by atoms with van der Waals surface area (Å²) in [5, 5.41) is 62.2. The predicted molar refractivity (Wildman–Crippen MR) is 285 cm³/mol. The number of hydrazine groups is 2. The average molecular weight is 1110 g/mol. The number of aliphatic carboxylic acids is 2. The third-order valence-corrected chi connectivity index (χ3v) is 14.0. The standard InChI is InChI=1S/C55H71N9O16/c1-29(2)47(53(78)52(77)43-8-6-21-63(43)61-39(26-45(69)70)50(75)49(74)38(58-28-44(68)30(3)57-4)24-32-11-17-35(66)18-12-32)60-54(79)40(27-46(71)72)59-55(80)41(25-33-13-19-36(67)20-14-33)62-64-22-5-7-42(64)51(76)48(73)37(56)23-31-9-15-34(65)16-10-31/h9-20,29-30,37-43,47,57-58,61-62,65-67H,5-8,21-28,56H2,1-4H3,(H,59,80)(H,60,79)(H,69,70)(H,71,72)/t30-,37-,38-,39-,40-,41-,42-,43-,47-/m0/s1. The summed E-state index contributed by atoms with van der Waals surface area (Å²) in [5.74, 6) is -12.8. The van der Waals surface area contributed by atoms with Gasteiger partial charge in [0.1, 0.15) is 29.3 Å². The lowest BCUT2D eigenvalue weighted by atomic mass is 9.93. The molecule has 2 amide bonds. The van der Waals surface area contributed by atoms with Gasteiger partial charge in [0.25, 0.3) is 0 Å². The number of likely N-dealkylation sites (N-methyl/N-ethyl adjacent to an activating group) is 1. The topological polar surface area (TPSA) is 394 Å². The first-order valence-electron chi connectivity index (χ1n) is 26.2. The number of ketones is 7. The molecule has 0 spiro atoms. The molecule has 0 aromatic heterocycles. The van der Waals surface area contributed by atoms with Crippen LogP contribution in [0.15, 0.2) is 72.8 Å². The molecule has 3 aromatic carbocycles. The van der Waals surface area contributed by atoms with E-state index in [0.29, 0.717) is 23.1 Å². The highest BCUT2D eigenvalue weighted by Gasteiger charge is 2.43. The second kappa shape index (κ2) is 29.5. The summed E-state index contributed by atoms with van der Waals surface area (Å²) >= 11 is 0. The van der Waals surface area contributed by atoms with Crippen LogP contribution in [0.5, 0.6) is 17.2 Å². The number of benzene rings is 3. The Labute approximate surface area is 461 Å². The first-order chi connectivity index (χ1) is 37.9. The van der Waals surface area contributed by atoms with Gasteiger partial charge in [0.2, 0.25) is 46.5 Å². The van der Waals surface area contributed by atoms with Crippen LogP contribution >= 0.6 is 0 Å². The van der Waals surface area contributed by atoms with Crippen molar-refractivity contribution in [2.75, 3.05) is 26.7 Å². The van der Waals surface area contributed by atoms with E-state index in [9.17, 15) is 78.3 Å². The lowest BCUT2D eigenvalue weighted by Crippen LogP contribution is -2.61. The van der Waals surface area contributed by atoms with Gasteiger partial charge in [-0.1, -0.05) is 50.2 Å². The number of nitrogens with two attached hydrogens (primary N) is 1. The number of hydrogen-bond acceptors (Lipinski definition) is 21. The van der Waals surface area contributed by atoms with Gasteiger partial charge in [-0.2, -0.15) is 0 Å². The summed E-state index contributed by atoms with van der Waals surface area (Å²) in [6.45, 7) is 4.39. The second-order valence-corrected chi connectivity index (χ2v) is 20.4. The predicted octanol–water partition coefficient (Wildman–Crippen LogP) is -1.04. The highest BCUT2D eigenvalue weighted by atomic mass is 16.4. The van der Waals surface area contributed by atoms with Gasteiger partial charge >= 0.3 is 11.9 Å². The van der Waals surface area contributed by atoms with E-state index < -0.39 is 132 Å². The minimum Gasteiger partial charge on any atom is -0.508 e. The molecule has 5 rings (SSSR count). The summed E-state index contributed by atoms with van der Waals surface area (Å²) < 4.78 is 0. The van der Waals surface area contributed by atoms with Gasteiger partial charge in [0, 0.05) is 13.1 Å². The number of nitrogens with one attached hydrogen (secondary N) is 6. The summed E-state index contributed by atoms with van der Waals surface area (Å²) in [6, 6.07) is 5.13. The molecule has 13 N–H and O–H groups in total. The molecule has 80 heavy (non-hydrogen) atoms. The zero-order valence-corrected chi connectivity index (χ0v) is 44.9. The van der Waals surface area contributed by atoms with Crippen LogP contribution in [0.3, 0.4) is 0 Å². The molecule has 25 heteroatoms. The molecule has 2 heterocycles. The number of amides is 2. The number of Topliss-reactive ketones (excluding diaryl/α,β-unsaturated/α-hetero) is 7. The van der Waals surface area contributed by atoms with Crippen LogP contribution in [0.2, 0.25) is 0 Å². The fourth-order valence-corrected chi connectivity index (χ4v) is 9.32. The van der Waals surface area contributed by atoms with Gasteiger partial charge in [-0.25, -0.2) is 20.9 Å². The van der Waals surface area contributed by atoms with Crippen LogP contribution in [-0.2, 0) is 72.0 Å². The van der Waals surface area contributed by atoms with Crippen molar-refractivity contribution in [2.45, 2.75) is 133 Å². The number of nitrogens with zero attached hydrogens (tertiary/aromatic N) is 2. The van der Waals surface area contributed by atoms with Crippen molar-refractivity contribution >= 4 is 64.2 Å². The minimum absolute atomic E-state index is 0.00166. The van der Waals surface area contributed by atoms with Gasteiger partial charge in [-0.05, 0) is 118 Å². The quantitative estimate of drug-likeness (QED) is 0.0324. The van der Waals surface area contributed by atoms with Crippen LogP contribution in [0, 0.1) is 5.92 Å². The molecule has 0 radical (unpaired) electrons. The molecule has 432 valence electrons. The number of carboxylic acids is 2. The van der Waals surface area contributed by atoms with Crippen LogP contribution < -0.4 is 37.9 Å². The second-order valence-electron chi connectivity index (χ2n) is 20.4. The zero-order chi connectivity index (χ0) is 59.0. The molecule has 3 aromatic rings. The van der Waals surface area contributed by atoms with Gasteiger partial charge in [-0.15, -0.1) is 0 Å². The van der Waals surface area contributed by atoms with Crippen molar-refractivity contribution in [3.8, 4) is 17.2 Å². The van der Waals surface area contributed by atoms with Crippen molar-refractivity contribution in [3.05, 3.63) is 89.5 Å². The van der Waals surface area contributed by atoms with Gasteiger partial charge in [0.15, 0.2) is 5.78 Å². The Bertz CT molecular complexity index is 2740. The molecule has 2 aliphatic rings. The van der Waals surface area contributed by atoms with Crippen molar-refractivity contribution in [1.82, 2.24) is 42.1 Å². The fraction of sp³-hybridized carbons (Fsp3) is 0.473. The third-order valence-electron chi connectivity index (χ3n) is 14.0. The monoisotopic (exact) mass is 1110 g/mol. The Hall–Kier alpha value is -7.65. The minimum atomic E-state index is -1.87. The SMILES string of the molecule is CN[C@@H](C)C(=O)CN[C@@H](Cc1ccc(O)cc1)C(=O)C(=O)[C@H](CC(=O)O)NN1CCC[C@H]1C(=O)C(=O)[C@@H](NC(=O)[C@H](CC(=O)O)NC(=O)[C@H](Cc1ccc(O)cc1)NN1CCC[C@H]1C(=O)C(=O)[C@@H](N)Cc1ccc(O)cc1)C(C)C. The van der Waals surface area contributed by atoms with Crippen LogP contribution in [-0.4, -0.2) is 181 Å². The highest BCUT2D eigenvalue weighted by Crippen LogP contribution is 2.22. The molecule has 25 nitrogen and oxygen atoms in total. The zero-order valence-electron chi connectivity index (χ0n) is 44.9. The number of hydrogen-bond donors (Lipinski definition) is 12. The number of carboxylic acid groups (broad SMARTS) is 2. The smallest absolute Gasteiger partial charge is 0.305 e. The molecule has 2 fully saturated rings. The molecule has 2 aliphatic heterocycles. The highest BCUT2D eigenvalue weighted by molar-refractivity contribution is 6.42. The number of phenols is 3. The van der Waals surface area contributed by atoms with Gasteiger partial charge in [-0.3, -0.25) is 58.1 Å². The van der Waals surface area contributed by atoms with E-state index in [-0.39, 0.29) is 81.2 Å². The summed E-state index contributed by atoms with van der Waals surface area (Å²) in [4.78, 5) is 149. The van der Waals surface area contributed by atoms with Gasteiger partial charge in [0.05, 0.1) is 61.7 Å². The van der Waals surface area contributed by atoms with Crippen molar-refractivity contribution in [1.29, 1.82) is 0 Å². The number of carbonyl (C=O) groups excluding carboxylic acids is 9. The number of carbonyl (C=O) groups is 11. The lowest BCUT2D eigenvalue weighted by molar-refractivity contribution is -0.146.